The molecule has 3 amide bonds. The van der Waals surface area contributed by atoms with Crippen LogP contribution in [0, 0.1) is 11.8 Å². The standard InChI is InChI=1S/C23H26N4O3/c24-16-7-1-5-15-19(16)23(30)27(21(15)28)18-9-8-17-14-6-3-11-25-10-2-4-13(20(14)25)12-26(17)22(18)29/h1,5,7,9,13-14,17,20H,2-4,6,8,10-12,24H2/t13-,14+,17+,20-/m0/s1. The molecule has 0 aromatic heterocycles. The molecule has 3 fully saturated rings. The number of fused-ring (bicyclic) bond motifs is 3. The third-order valence-corrected chi connectivity index (χ3v) is 7.89. The van der Waals surface area contributed by atoms with E-state index in [1.54, 1.807) is 18.2 Å². The Hall–Kier alpha value is -2.67. The van der Waals surface area contributed by atoms with Gasteiger partial charge in [0.25, 0.3) is 17.7 Å². The van der Waals surface area contributed by atoms with Crippen molar-refractivity contribution in [2.24, 2.45) is 11.8 Å². The van der Waals surface area contributed by atoms with Gasteiger partial charge in [0, 0.05) is 24.3 Å². The van der Waals surface area contributed by atoms with Crippen molar-refractivity contribution >= 4 is 23.4 Å². The summed E-state index contributed by atoms with van der Waals surface area (Å²) in [5.41, 5.74) is 6.95. The van der Waals surface area contributed by atoms with Crippen LogP contribution in [0.15, 0.2) is 30.0 Å². The Kier molecular flexibility index (Phi) is 3.87. The summed E-state index contributed by atoms with van der Waals surface area (Å²) >= 11 is 0. The van der Waals surface area contributed by atoms with Crippen molar-refractivity contribution in [3.05, 3.63) is 41.1 Å². The van der Waals surface area contributed by atoms with Gasteiger partial charge in [-0.3, -0.25) is 19.3 Å². The van der Waals surface area contributed by atoms with Crippen LogP contribution < -0.4 is 5.73 Å². The number of nitrogens with zero attached hydrogens (tertiary/aromatic N) is 3. The van der Waals surface area contributed by atoms with Gasteiger partial charge in [-0.25, -0.2) is 4.90 Å². The molecule has 0 saturated carbocycles. The Labute approximate surface area is 175 Å². The van der Waals surface area contributed by atoms with E-state index in [9.17, 15) is 14.4 Å². The molecule has 0 unspecified atom stereocenters. The van der Waals surface area contributed by atoms with Crippen LogP contribution in [0.2, 0.25) is 0 Å². The number of hydrogen-bond donors (Lipinski definition) is 1. The topological polar surface area (TPSA) is 87.0 Å². The molecule has 7 nitrogen and oxygen atoms in total. The Balaban J connectivity index is 1.35. The average molecular weight is 406 g/mol. The normalized spacial score (nSPS) is 33.2. The lowest BCUT2D eigenvalue weighted by molar-refractivity contribution is -0.144. The van der Waals surface area contributed by atoms with Crippen LogP contribution in [0.25, 0.3) is 0 Å². The highest BCUT2D eigenvalue weighted by molar-refractivity contribution is 6.26. The van der Waals surface area contributed by atoms with Crippen molar-refractivity contribution in [3.8, 4) is 0 Å². The van der Waals surface area contributed by atoms with Crippen LogP contribution in [-0.2, 0) is 4.79 Å². The van der Waals surface area contributed by atoms with Crippen LogP contribution in [0.1, 0.15) is 52.8 Å². The SMILES string of the molecule is Nc1cccc2c1C(=O)N(C1=CC[C@@H]3[C@H]4CCCN5CCC[C@@H](CN3C1=O)[C@@H]45)C2=O. The molecule has 7 heteroatoms. The van der Waals surface area contributed by atoms with Gasteiger partial charge in [-0.2, -0.15) is 0 Å². The zero-order chi connectivity index (χ0) is 20.6. The Morgan fingerprint density at radius 2 is 1.77 bits per heavy atom. The van der Waals surface area contributed by atoms with Crippen LogP contribution in [0.4, 0.5) is 5.69 Å². The lowest BCUT2D eigenvalue weighted by Gasteiger charge is -2.58. The Bertz CT molecular complexity index is 1000. The highest BCUT2D eigenvalue weighted by Crippen LogP contribution is 2.45. The predicted molar refractivity (Wildman–Crippen MR) is 110 cm³/mol. The molecule has 6 rings (SSSR count). The van der Waals surface area contributed by atoms with E-state index in [1.807, 2.05) is 11.0 Å². The van der Waals surface area contributed by atoms with Crippen molar-refractivity contribution < 1.29 is 14.4 Å². The van der Waals surface area contributed by atoms with Crippen molar-refractivity contribution in [3.63, 3.8) is 0 Å². The van der Waals surface area contributed by atoms with E-state index >= 15 is 0 Å². The number of anilines is 1. The average Bonchev–Trinajstić information content (AvgIpc) is 3.01. The highest BCUT2D eigenvalue weighted by Gasteiger charge is 2.52. The maximum atomic E-state index is 13.6. The third-order valence-electron chi connectivity index (χ3n) is 7.89. The minimum Gasteiger partial charge on any atom is -0.398 e. The summed E-state index contributed by atoms with van der Waals surface area (Å²) in [4.78, 5) is 45.3. The van der Waals surface area contributed by atoms with Gasteiger partial charge in [-0.15, -0.1) is 0 Å². The molecular formula is C23H26N4O3. The van der Waals surface area contributed by atoms with Gasteiger partial charge in [-0.05, 0) is 69.2 Å². The predicted octanol–water partition coefficient (Wildman–Crippen LogP) is 1.85. The van der Waals surface area contributed by atoms with E-state index in [0.717, 1.165) is 24.3 Å². The molecule has 5 aliphatic rings. The van der Waals surface area contributed by atoms with Crippen LogP contribution >= 0.6 is 0 Å². The molecule has 0 aliphatic carbocycles. The monoisotopic (exact) mass is 406 g/mol. The van der Waals surface area contributed by atoms with Gasteiger partial charge in [0.2, 0.25) is 0 Å². The molecule has 0 spiro atoms. The molecular weight excluding hydrogens is 380 g/mol. The second-order valence-electron chi connectivity index (χ2n) is 9.30. The van der Waals surface area contributed by atoms with E-state index in [2.05, 4.69) is 4.90 Å². The lowest BCUT2D eigenvalue weighted by Crippen LogP contribution is -2.66. The molecule has 0 radical (unpaired) electrons. The molecule has 156 valence electrons. The maximum absolute atomic E-state index is 13.6. The fourth-order valence-electron chi connectivity index (χ4n) is 6.71. The second kappa shape index (κ2) is 6.41. The summed E-state index contributed by atoms with van der Waals surface area (Å²) in [6.45, 7) is 3.08. The first-order valence-electron chi connectivity index (χ1n) is 11.1. The largest absolute Gasteiger partial charge is 0.398 e. The number of amides is 3. The van der Waals surface area contributed by atoms with Crippen LogP contribution in [-0.4, -0.2) is 64.1 Å². The number of rotatable bonds is 1. The number of nitrogens with two attached hydrogens (primary N) is 1. The summed E-state index contributed by atoms with van der Waals surface area (Å²) in [5.74, 6) is -0.140. The molecule has 5 heterocycles. The molecule has 4 atom stereocenters. The smallest absolute Gasteiger partial charge is 0.271 e. The van der Waals surface area contributed by atoms with Crippen molar-refractivity contribution in [2.45, 2.75) is 44.2 Å². The quantitative estimate of drug-likeness (QED) is 0.568. The Morgan fingerprint density at radius 3 is 2.57 bits per heavy atom. The zero-order valence-corrected chi connectivity index (χ0v) is 16.9. The van der Waals surface area contributed by atoms with E-state index in [1.165, 1.54) is 25.9 Å². The first-order chi connectivity index (χ1) is 14.6. The molecule has 0 bridgehead atoms. The van der Waals surface area contributed by atoms with E-state index in [-0.39, 0.29) is 34.5 Å². The summed E-state index contributed by atoms with van der Waals surface area (Å²) in [5, 5.41) is 0. The zero-order valence-electron chi connectivity index (χ0n) is 16.9. The minimum atomic E-state index is -0.484. The van der Waals surface area contributed by atoms with Gasteiger partial charge in [0.15, 0.2) is 0 Å². The number of carbonyl (C=O) groups is 3. The van der Waals surface area contributed by atoms with Gasteiger partial charge in [0.1, 0.15) is 5.70 Å². The van der Waals surface area contributed by atoms with E-state index < -0.39 is 11.8 Å². The molecule has 30 heavy (non-hydrogen) atoms. The van der Waals surface area contributed by atoms with Crippen molar-refractivity contribution in [2.75, 3.05) is 25.4 Å². The third kappa shape index (κ3) is 2.32. The number of piperidine rings is 3. The summed E-state index contributed by atoms with van der Waals surface area (Å²) in [6, 6.07) is 5.63. The molecule has 5 aliphatic heterocycles. The number of imide groups is 1. The number of nitrogen functional groups attached to an aromatic ring is 1. The molecule has 3 saturated heterocycles. The number of carbonyl (C=O) groups excluding carboxylic acids is 3. The Morgan fingerprint density at radius 1 is 0.967 bits per heavy atom. The molecule has 1 aromatic carbocycles. The summed E-state index contributed by atoms with van der Waals surface area (Å²) < 4.78 is 0. The van der Waals surface area contributed by atoms with E-state index in [0.29, 0.717) is 24.3 Å². The summed E-state index contributed by atoms with van der Waals surface area (Å²) in [7, 11) is 0. The molecule has 2 N–H and O–H groups in total. The van der Waals surface area contributed by atoms with Crippen LogP contribution in [0.3, 0.4) is 0 Å². The fourth-order valence-corrected chi connectivity index (χ4v) is 6.71. The van der Waals surface area contributed by atoms with Gasteiger partial charge in [0.05, 0.1) is 11.1 Å². The number of hydrogen-bond acceptors (Lipinski definition) is 5. The first-order valence-corrected chi connectivity index (χ1v) is 11.1. The lowest BCUT2D eigenvalue weighted by atomic mass is 9.68. The molecule has 1 aromatic rings. The summed E-state index contributed by atoms with van der Waals surface area (Å²) in [6.07, 6.45) is 7.19. The van der Waals surface area contributed by atoms with Crippen molar-refractivity contribution in [1.29, 1.82) is 0 Å². The minimum absolute atomic E-state index is 0.170. The van der Waals surface area contributed by atoms with E-state index in [4.69, 9.17) is 5.73 Å². The van der Waals surface area contributed by atoms with Gasteiger partial charge < -0.3 is 10.6 Å². The second-order valence-corrected chi connectivity index (χ2v) is 9.30. The maximum Gasteiger partial charge on any atom is 0.271 e. The van der Waals surface area contributed by atoms with Gasteiger partial charge in [-0.1, -0.05) is 12.1 Å². The van der Waals surface area contributed by atoms with Crippen molar-refractivity contribution in [1.82, 2.24) is 14.7 Å². The highest BCUT2D eigenvalue weighted by atomic mass is 16.2. The first kappa shape index (κ1) is 18.1. The fraction of sp³-hybridized carbons (Fsp3) is 0.522. The van der Waals surface area contributed by atoms with Crippen LogP contribution in [0.5, 0.6) is 0 Å². The number of benzene rings is 1. The van der Waals surface area contributed by atoms with Gasteiger partial charge >= 0.3 is 0 Å².